The van der Waals surface area contributed by atoms with Gasteiger partial charge in [0.15, 0.2) is 0 Å². The van der Waals surface area contributed by atoms with Gasteiger partial charge in [-0.3, -0.25) is 0 Å². The van der Waals surface area contributed by atoms with Crippen LogP contribution < -0.4 is 0 Å². The van der Waals surface area contributed by atoms with E-state index in [4.69, 9.17) is 0 Å². The van der Waals surface area contributed by atoms with Gasteiger partial charge in [0, 0.05) is 0 Å². The fourth-order valence-electron chi connectivity index (χ4n) is 14.6. The molecular weight excluding hydrogens is 1010 g/mol. The van der Waals surface area contributed by atoms with Crippen LogP contribution in [0, 0.1) is 0 Å². The highest BCUT2D eigenvalue weighted by Crippen LogP contribution is 2.68. The normalized spacial score (nSPS) is 13.1. The van der Waals surface area contributed by atoms with Crippen molar-refractivity contribution in [2.45, 2.75) is 0 Å². The van der Waals surface area contributed by atoms with Gasteiger partial charge in [0.2, 0.25) is 0 Å². The highest BCUT2D eigenvalue weighted by atomic mass is 14.5. The van der Waals surface area contributed by atoms with Crippen LogP contribution in [0.15, 0.2) is 321 Å². The van der Waals surface area contributed by atoms with E-state index in [1.54, 1.807) is 0 Å². The van der Waals surface area contributed by atoms with Crippen molar-refractivity contribution < 1.29 is 0 Å². The summed E-state index contributed by atoms with van der Waals surface area (Å²) in [5.41, 5.74) is 24.2. The summed E-state index contributed by atoms with van der Waals surface area (Å²) in [6, 6.07) is 118. The molecule has 388 valence electrons. The summed E-state index contributed by atoms with van der Waals surface area (Å²) in [6.07, 6.45) is 0. The molecule has 15 aromatic rings. The smallest absolute Gasteiger partial charge is 0.0000472 e. The third kappa shape index (κ3) is 7.27. The average Bonchev–Trinajstić information content (AvgIpc) is 1.83. The Labute approximate surface area is 488 Å². The number of allylic oxidation sites excluding steroid dienone is 5. The molecule has 0 heterocycles. The summed E-state index contributed by atoms with van der Waals surface area (Å²) in [4.78, 5) is 0. The summed E-state index contributed by atoms with van der Waals surface area (Å²) in [5.74, 6) is 0. The number of hydrogen-bond acceptors (Lipinski definition) is 0. The molecule has 17 rings (SSSR count). The fraction of sp³-hybridized carbons (Fsp3) is 0. The summed E-state index contributed by atoms with van der Waals surface area (Å²) in [6.45, 7) is 0. The maximum Gasteiger partial charge on any atom is -0.0000472 e. The Hall–Kier alpha value is -10.9. The molecule has 0 amide bonds. The molecule has 0 heteroatoms. The van der Waals surface area contributed by atoms with Crippen molar-refractivity contribution in [1.82, 2.24) is 0 Å². The van der Waals surface area contributed by atoms with Gasteiger partial charge in [-0.05, 0) is 176 Å². The van der Waals surface area contributed by atoms with Gasteiger partial charge >= 0.3 is 0 Å². The Bertz CT molecular complexity index is 5300. The lowest BCUT2D eigenvalue weighted by atomic mass is 9.74. The molecule has 0 aromatic heterocycles. The van der Waals surface area contributed by atoms with Crippen molar-refractivity contribution in [2.24, 2.45) is 0 Å². The third-order valence-corrected chi connectivity index (χ3v) is 18.0. The van der Waals surface area contributed by atoms with E-state index >= 15 is 0 Å². The molecule has 15 aromatic carbocycles. The molecule has 0 bridgehead atoms. The van der Waals surface area contributed by atoms with Crippen LogP contribution in [-0.2, 0) is 0 Å². The molecule has 2 aliphatic carbocycles. The maximum atomic E-state index is 2.43. The standard InChI is InChI=1S/C84H52/c1-6-28-56(29-7-1)73-74(57-30-8-2-9-31-57)76(59-34-12-4-13-35-59)82-81(75(73)58-32-10-3-11-33-58)80(72-46-24-43-66-63-40-21-18-27-55(63)49-52-69(66)72)84-79(71-45-23-42-65-62-39-20-17-26-54(62)48-51-68(65)71)78(77(83(82)84)60-36-14-5-15-37-60)70-44-22-41-64-61-38-19-16-25-53(61)47-50-67(64)70/h1-52H. The van der Waals surface area contributed by atoms with Crippen molar-refractivity contribution >= 4 is 92.5 Å². The zero-order valence-corrected chi connectivity index (χ0v) is 46.0. The quantitative estimate of drug-likeness (QED) is 0.133. The first-order valence-electron chi connectivity index (χ1n) is 29.2. The Morgan fingerprint density at radius 1 is 0.119 bits per heavy atom. The number of rotatable bonds is 8. The highest BCUT2D eigenvalue weighted by molar-refractivity contribution is 6.44. The molecular formula is C84H52. The van der Waals surface area contributed by atoms with Gasteiger partial charge < -0.3 is 0 Å². The van der Waals surface area contributed by atoms with Crippen LogP contribution in [0.2, 0.25) is 0 Å². The fourth-order valence-corrected chi connectivity index (χ4v) is 14.6. The third-order valence-electron chi connectivity index (χ3n) is 18.0. The molecule has 0 atom stereocenters. The lowest BCUT2D eigenvalue weighted by molar-refractivity contribution is 1.49. The van der Waals surface area contributed by atoms with E-state index in [9.17, 15) is 0 Å². The summed E-state index contributed by atoms with van der Waals surface area (Å²) >= 11 is 0. The second-order valence-electron chi connectivity index (χ2n) is 22.4. The monoisotopic (exact) mass is 1060 g/mol. The second kappa shape index (κ2) is 19.4. The molecule has 84 heavy (non-hydrogen) atoms. The van der Waals surface area contributed by atoms with Crippen molar-refractivity contribution in [3.05, 3.63) is 354 Å². The predicted molar refractivity (Wildman–Crippen MR) is 359 cm³/mol. The molecule has 0 spiro atoms. The van der Waals surface area contributed by atoms with E-state index in [1.165, 1.54) is 159 Å². The van der Waals surface area contributed by atoms with E-state index < -0.39 is 0 Å². The van der Waals surface area contributed by atoms with Gasteiger partial charge in [0.25, 0.3) is 0 Å². The summed E-state index contributed by atoms with van der Waals surface area (Å²) in [7, 11) is 0. The van der Waals surface area contributed by atoms with Crippen LogP contribution in [0.4, 0.5) is 0 Å². The van der Waals surface area contributed by atoms with Crippen molar-refractivity contribution in [3.8, 4) is 44.5 Å². The molecule has 0 saturated heterocycles. The number of benzene rings is 15. The van der Waals surface area contributed by atoms with E-state index in [-0.39, 0.29) is 0 Å². The first kappa shape index (κ1) is 47.8. The topological polar surface area (TPSA) is 0 Å². The first-order chi connectivity index (χ1) is 41.8. The Morgan fingerprint density at radius 2 is 0.393 bits per heavy atom. The van der Waals surface area contributed by atoms with Gasteiger partial charge in [0.05, 0.1) is 0 Å². The zero-order chi connectivity index (χ0) is 55.2. The molecule has 0 aliphatic heterocycles. The minimum Gasteiger partial charge on any atom is -0.0622 e. The van der Waals surface area contributed by atoms with Crippen LogP contribution in [0.3, 0.4) is 0 Å². The van der Waals surface area contributed by atoms with Gasteiger partial charge in [-0.2, -0.15) is 0 Å². The second-order valence-corrected chi connectivity index (χ2v) is 22.4. The predicted octanol–water partition coefficient (Wildman–Crippen LogP) is 22.6. The number of hydrogen-bond donors (Lipinski definition) is 0. The Balaban J connectivity index is 1.18. The van der Waals surface area contributed by atoms with Crippen LogP contribution in [0.5, 0.6) is 0 Å². The molecule has 0 saturated carbocycles. The average molecular weight is 1060 g/mol. The van der Waals surface area contributed by atoms with Gasteiger partial charge in [-0.15, -0.1) is 0 Å². The van der Waals surface area contributed by atoms with E-state index in [0.29, 0.717) is 0 Å². The molecule has 0 N–H and O–H groups in total. The summed E-state index contributed by atoms with van der Waals surface area (Å²) in [5, 5.41) is 14.8. The molecule has 2 aliphatic rings. The van der Waals surface area contributed by atoms with Gasteiger partial charge in [-0.1, -0.05) is 315 Å². The van der Waals surface area contributed by atoms with E-state index in [2.05, 4.69) is 315 Å². The molecule has 0 fully saturated rings. The van der Waals surface area contributed by atoms with Crippen molar-refractivity contribution in [2.75, 3.05) is 0 Å². The van der Waals surface area contributed by atoms with Gasteiger partial charge in [0.1, 0.15) is 0 Å². The highest BCUT2D eigenvalue weighted by Gasteiger charge is 2.45. The summed E-state index contributed by atoms with van der Waals surface area (Å²) < 4.78 is 0. The molecule has 0 nitrogen and oxygen atoms in total. The van der Waals surface area contributed by atoms with Crippen molar-refractivity contribution in [3.63, 3.8) is 0 Å². The van der Waals surface area contributed by atoms with Crippen molar-refractivity contribution in [1.29, 1.82) is 0 Å². The SMILES string of the molecule is c1ccc(C2=C3C(=C(c4cccc5c4ccc4ccccc45)c4c3c(-c3ccccc3)c(-c3ccccc3)c(-c3ccccc3)c4-c3ccccc3)C(c3cccc4c3ccc3ccccc34)=C2c2cccc3c2ccc2ccccc23)cc1. The lowest BCUT2D eigenvalue weighted by Crippen LogP contribution is -2.04. The van der Waals surface area contributed by atoms with Gasteiger partial charge in [-0.25, -0.2) is 0 Å². The van der Waals surface area contributed by atoms with Crippen LogP contribution in [-0.4, -0.2) is 0 Å². The number of fused-ring (bicyclic) bond motifs is 12. The van der Waals surface area contributed by atoms with Crippen LogP contribution >= 0.6 is 0 Å². The Morgan fingerprint density at radius 3 is 0.762 bits per heavy atom. The van der Waals surface area contributed by atoms with E-state index in [0.717, 1.165) is 16.7 Å². The lowest BCUT2D eigenvalue weighted by Gasteiger charge is -2.28. The minimum atomic E-state index is 1.16. The molecule has 0 unspecified atom stereocenters. The largest absolute Gasteiger partial charge is 0.0622 e. The Kier molecular flexibility index (Phi) is 11.0. The van der Waals surface area contributed by atoms with Crippen LogP contribution in [0.1, 0.15) is 33.4 Å². The zero-order valence-electron chi connectivity index (χ0n) is 46.0. The van der Waals surface area contributed by atoms with Crippen LogP contribution in [0.25, 0.3) is 137 Å². The van der Waals surface area contributed by atoms with E-state index in [1.807, 2.05) is 0 Å². The maximum absolute atomic E-state index is 2.43. The minimum absolute atomic E-state index is 1.16. The first-order valence-corrected chi connectivity index (χ1v) is 29.2. The molecule has 0 radical (unpaired) electrons.